The van der Waals surface area contributed by atoms with Crippen LogP contribution in [0.15, 0.2) is 24.3 Å². The quantitative estimate of drug-likeness (QED) is 0.722. The first kappa shape index (κ1) is 20.0. The highest BCUT2D eigenvalue weighted by molar-refractivity contribution is 5.46. The molecule has 0 amide bonds. The Morgan fingerprint density at radius 1 is 1.36 bits per heavy atom. The zero-order chi connectivity index (χ0) is 18.7. The molecule has 0 spiro atoms. The first-order valence-electron chi connectivity index (χ1n) is 8.33. The van der Waals surface area contributed by atoms with Gasteiger partial charge in [-0.05, 0) is 31.5 Å². The number of morpholine rings is 1. The van der Waals surface area contributed by atoms with Crippen molar-refractivity contribution in [3.63, 3.8) is 0 Å². The third-order valence-electron chi connectivity index (χ3n) is 4.61. The van der Waals surface area contributed by atoms with Crippen LogP contribution in [0.4, 0.5) is 18.9 Å². The molecule has 1 aromatic rings. The van der Waals surface area contributed by atoms with Gasteiger partial charge >= 0.3 is 6.18 Å². The van der Waals surface area contributed by atoms with E-state index in [0.29, 0.717) is 31.5 Å². The number of nitrogens with two attached hydrogens (primary N) is 1. The summed E-state index contributed by atoms with van der Waals surface area (Å²) in [4.78, 5) is 2.27. The largest absolute Gasteiger partial charge is 0.421 e. The van der Waals surface area contributed by atoms with E-state index in [-0.39, 0.29) is 11.6 Å². The van der Waals surface area contributed by atoms with E-state index in [1.54, 1.807) is 0 Å². The number of alkyl halides is 3. The molecule has 2 rings (SSSR count). The summed E-state index contributed by atoms with van der Waals surface area (Å²) in [5.74, 6) is 0. The van der Waals surface area contributed by atoms with Gasteiger partial charge in [-0.2, -0.15) is 13.2 Å². The standard InChI is InChI=1S/C17H26F3N3O2/c1-12-11-25-8-7-23(12)10-15(9-21)22-14-5-3-13(4-6-14)16(2,24)17(18,19)20/h3-6,12,15,22,24H,7-11,21H2,1-2H3/t12-,15+,16?/m0/s1. The van der Waals surface area contributed by atoms with Crippen LogP contribution in [0.2, 0.25) is 0 Å². The van der Waals surface area contributed by atoms with Crippen molar-refractivity contribution in [1.82, 2.24) is 4.90 Å². The number of nitrogens with zero attached hydrogens (tertiary/aromatic N) is 1. The molecule has 1 fully saturated rings. The average Bonchev–Trinajstić information content (AvgIpc) is 2.55. The monoisotopic (exact) mass is 361 g/mol. The number of halogens is 3. The highest BCUT2D eigenvalue weighted by Crippen LogP contribution is 2.38. The number of ether oxygens (including phenoxy) is 1. The van der Waals surface area contributed by atoms with Gasteiger partial charge < -0.3 is 20.9 Å². The molecule has 0 radical (unpaired) electrons. The van der Waals surface area contributed by atoms with Crippen molar-refractivity contribution in [2.45, 2.75) is 37.7 Å². The molecule has 5 nitrogen and oxygen atoms in total. The van der Waals surface area contributed by atoms with Crippen molar-refractivity contribution < 1.29 is 23.0 Å². The Labute approximate surface area is 145 Å². The van der Waals surface area contributed by atoms with Gasteiger partial charge in [0.05, 0.1) is 19.3 Å². The number of hydrogen-bond acceptors (Lipinski definition) is 5. The van der Waals surface area contributed by atoms with Gasteiger partial charge in [-0.3, -0.25) is 4.90 Å². The first-order valence-corrected chi connectivity index (χ1v) is 8.33. The smallest absolute Gasteiger partial charge is 0.380 e. The van der Waals surface area contributed by atoms with Gasteiger partial charge in [0.1, 0.15) is 0 Å². The van der Waals surface area contributed by atoms with E-state index in [1.807, 2.05) is 0 Å². The Hall–Kier alpha value is -1.35. The number of hydrogen-bond donors (Lipinski definition) is 3. The summed E-state index contributed by atoms with van der Waals surface area (Å²) in [6.07, 6.45) is -4.73. The predicted octanol–water partition coefficient (Wildman–Crippen LogP) is 1.92. The molecule has 0 saturated carbocycles. The Bertz CT molecular complexity index is 549. The molecule has 3 atom stereocenters. The van der Waals surface area contributed by atoms with Crippen LogP contribution in [-0.4, -0.2) is 61.1 Å². The predicted molar refractivity (Wildman–Crippen MR) is 90.4 cm³/mol. The van der Waals surface area contributed by atoms with Gasteiger partial charge in [0, 0.05) is 31.4 Å². The van der Waals surface area contributed by atoms with Crippen molar-refractivity contribution in [1.29, 1.82) is 0 Å². The SMILES string of the molecule is C[C@H]1COCCN1C[C@@H](CN)Nc1ccc(C(C)(O)C(F)(F)F)cc1. The number of nitrogens with one attached hydrogen (secondary N) is 1. The van der Waals surface area contributed by atoms with Crippen LogP contribution < -0.4 is 11.1 Å². The van der Waals surface area contributed by atoms with Crippen molar-refractivity contribution in [3.05, 3.63) is 29.8 Å². The normalized spacial score (nSPS) is 23.1. The third kappa shape index (κ3) is 4.84. The lowest BCUT2D eigenvalue weighted by atomic mass is 9.95. The van der Waals surface area contributed by atoms with Gasteiger partial charge in [0.2, 0.25) is 0 Å². The lowest BCUT2D eigenvalue weighted by molar-refractivity contribution is -0.258. The second kappa shape index (κ2) is 7.90. The van der Waals surface area contributed by atoms with Crippen LogP contribution in [0.3, 0.4) is 0 Å². The van der Waals surface area contributed by atoms with Crippen molar-refractivity contribution in [3.8, 4) is 0 Å². The number of aliphatic hydroxyl groups is 1. The summed E-state index contributed by atoms with van der Waals surface area (Å²) >= 11 is 0. The van der Waals surface area contributed by atoms with E-state index >= 15 is 0 Å². The first-order chi connectivity index (χ1) is 11.6. The number of benzene rings is 1. The third-order valence-corrected chi connectivity index (χ3v) is 4.61. The molecule has 1 aliphatic heterocycles. The Morgan fingerprint density at radius 2 is 2.00 bits per heavy atom. The molecule has 0 aromatic heterocycles. The zero-order valence-corrected chi connectivity index (χ0v) is 14.5. The maximum Gasteiger partial charge on any atom is 0.421 e. The fraction of sp³-hybridized carbons (Fsp3) is 0.647. The Kier molecular flexibility index (Phi) is 6.31. The second-order valence-corrected chi connectivity index (χ2v) is 6.64. The molecule has 1 saturated heterocycles. The molecule has 1 unspecified atom stereocenters. The molecule has 0 bridgehead atoms. The molecule has 8 heteroatoms. The van der Waals surface area contributed by atoms with Crippen LogP contribution in [0.25, 0.3) is 0 Å². The lowest BCUT2D eigenvalue weighted by Gasteiger charge is -2.36. The summed E-state index contributed by atoms with van der Waals surface area (Å²) < 4.78 is 44.1. The highest BCUT2D eigenvalue weighted by atomic mass is 19.4. The van der Waals surface area contributed by atoms with E-state index in [9.17, 15) is 18.3 Å². The van der Waals surface area contributed by atoms with Crippen LogP contribution in [-0.2, 0) is 10.3 Å². The maximum atomic E-state index is 12.9. The molecule has 1 heterocycles. The van der Waals surface area contributed by atoms with E-state index in [4.69, 9.17) is 10.5 Å². The van der Waals surface area contributed by atoms with Crippen LogP contribution in [0.1, 0.15) is 19.4 Å². The Balaban J connectivity index is 2.01. The van der Waals surface area contributed by atoms with Gasteiger partial charge in [0.25, 0.3) is 0 Å². The summed E-state index contributed by atoms with van der Waals surface area (Å²) in [7, 11) is 0. The number of anilines is 1. The van der Waals surface area contributed by atoms with E-state index in [2.05, 4.69) is 17.1 Å². The topological polar surface area (TPSA) is 70.8 Å². The average molecular weight is 361 g/mol. The fourth-order valence-electron chi connectivity index (χ4n) is 2.79. The van der Waals surface area contributed by atoms with Gasteiger partial charge in [0.15, 0.2) is 5.60 Å². The second-order valence-electron chi connectivity index (χ2n) is 6.64. The minimum Gasteiger partial charge on any atom is -0.380 e. The Morgan fingerprint density at radius 3 is 2.52 bits per heavy atom. The van der Waals surface area contributed by atoms with E-state index in [1.165, 1.54) is 24.3 Å². The molecule has 1 aromatic carbocycles. The summed E-state index contributed by atoms with van der Waals surface area (Å²) in [6.45, 7) is 6.14. The maximum absolute atomic E-state index is 12.9. The molecule has 0 aliphatic carbocycles. The minimum absolute atomic E-state index is 0.0328. The van der Waals surface area contributed by atoms with Crippen LogP contribution in [0, 0.1) is 0 Å². The van der Waals surface area contributed by atoms with E-state index < -0.39 is 11.8 Å². The van der Waals surface area contributed by atoms with Gasteiger partial charge in [-0.15, -0.1) is 0 Å². The summed E-state index contributed by atoms with van der Waals surface area (Å²) in [6, 6.07) is 5.88. The molecular formula is C17H26F3N3O2. The highest BCUT2D eigenvalue weighted by Gasteiger charge is 2.51. The molecule has 25 heavy (non-hydrogen) atoms. The van der Waals surface area contributed by atoms with Crippen LogP contribution in [0.5, 0.6) is 0 Å². The summed E-state index contributed by atoms with van der Waals surface area (Å²) in [5.41, 5.74) is 3.42. The van der Waals surface area contributed by atoms with Crippen molar-refractivity contribution in [2.24, 2.45) is 5.73 Å². The summed E-state index contributed by atoms with van der Waals surface area (Å²) in [5, 5.41) is 12.9. The lowest BCUT2D eigenvalue weighted by Crippen LogP contribution is -2.50. The van der Waals surface area contributed by atoms with Crippen molar-refractivity contribution >= 4 is 5.69 Å². The fourth-order valence-corrected chi connectivity index (χ4v) is 2.79. The molecule has 4 N–H and O–H groups in total. The van der Waals surface area contributed by atoms with Gasteiger partial charge in [-0.1, -0.05) is 12.1 Å². The van der Waals surface area contributed by atoms with Crippen LogP contribution >= 0.6 is 0 Å². The van der Waals surface area contributed by atoms with Gasteiger partial charge in [-0.25, -0.2) is 0 Å². The zero-order valence-electron chi connectivity index (χ0n) is 14.5. The minimum atomic E-state index is -4.73. The molecular weight excluding hydrogens is 335 g/mol. The number of rotatable bonds is 6. The molecule has 142 valence electrons. The molecule has 1 aliphatic rings. The van der Waals surface area contributed by atoms with E-state index in [0.717, 1.165) is 20.0 Å². The van der Waals surface area contributed by atoms with Crippen molar-refractivity contribution in [2.75, 3.05) is 38.2 Å².